The number of nitrogens with two attached hydrogens (primary N) is 1. The third-order valence-electron chi connectivity index (χ3n) is 3.85. The Morgan fingerprint density at radius 1 is 1.23 bits per heavy atom. The number of hydrogen-bond acceptors (Lipinski definition) is 5. The highest BCUT2D eigenvalue weighted by molar-refractivity contribution is 6.02. The van der Waals surface area contributed by atoms with Gasteiger partial charge < -0.3 is 11.1 Å². The Kier molecular flexibility index (Phi) is 3.35. The number of nitrogen functional groups attached to an aromatic ring is 1. The lowest BCUT2D eigenvalue weighted by Gasteiger charge is -2.29. The van der Waals surface area contributed by atoms with Gasteiger partial charge in [0.1, 0.15) is 5.82 Å². The number of Topliss-reactive ketones (excluding diaryl/α,β-unsaturated/α-hetero) is 1. The zero-order chi connectivity index (χ0) is 15.9. The lowest BCUT2D eigenvalue weighted by atomic mass is 9.76. The van der Waals surface area contributed by atoms with Crippen LogP contribution >= 0.6 is 0 Å². The summed E-state index contributed by atoms with van der Waals surface area (Å²) in [6.07, 6.45) is 1.21. The highest BCUT2D eigenvalue weighted by Crippen LogP contribution is 2.36. The summed E-state index contributed by atoms with van der Waals surface area (Å²) >= 11 is 0. The van der Waals surface area contributed by atoms with Crippen LogP contribution in [0.4, 0.5) is 17.5 Å². The Balaban J connectivity index is 1.98. The fourth-order valence-electron chi connectivity index (χ4n) is 2.90. The molecule has 0 saturated carbocycles. The summed E-state index contributed by atoms with van der Waals surface area (Å²) in [6, 6.07) is 7.94. The van der Waals surface area contributed by atoms with Gasteiger partial charge in [-0.05, 0) is 36.5 Å². The van der Waals surface area contributed by atoms with Crippen LogP contribution in [0, 0.1) is 12.3 Å². The molecule has 0 fully saturated rings. The van der Waals surface area contributed by atoms with Crippen LogP contribution in [0.15, 0.2) is 24.3 Å². The molecule has 1 heterocycles. The van der Waals surface area contributed by atoms with Gasteiger partial charge >= 0.3 is 0 Å². The Bertz CT molecular complexity index is 752. The fourth-order valence-corrected chi connectivity index (χ4v) is 2.90. The number of fused-ring (bicyclic) bond motifs is 1. The van der Waals surface area contributed by atoms with E-state index >= 15 is 0 Å². The molecule has 0 aliphatic heterocycles. The van der Waals surface area contributed by atoms with Crippen molar-refractivity contribution in [2.75, 3.05) is 11.1 Å². The summed E-state index contributed by atoms with van der Waals surface area (Å²) in [5, 5.41) is 3.16. The topological polar surface area (TPSA) is 80.9 Å². The first-order valence-corrected chi connectivity index (χ1v) is 7.37. The lowest BCUT2D eigenvalue weighted by molar-refractivity contribution is 0.0911. The standard InChI is InChI=1S/C17H20N4O/c1-10-5-4-6-11(7-10)19-16-20-12-8-17(2,3)9-13(22)14(12)15(18)21-16/h4-7H,8-9H2,1-3H3,(H3,18,19,20,21). The number of hydrogen-bond donors (Lipinski definition) is 2. The van der Waals surface area contributed by atoms with Crippen LogP contribution in [0.5, 0.6) is 0 Å². The van der Waals surface area contributed by atoms with Crippen molar-refractivity contribution in [3.63, 3.8) is 0 Å². The number of carbonyl (C=O) groups excluding carboxylic acids is 1. The van der Waals surface area contributed by atoms with Crippen molar-refractivity contribution in [3.8, 4) is 0 Å². The molecule has 114 valence electrons. The molecule has 3 rings (SSSR count). The summed E-state index contributed by atoms with van der Waals surface area (Å²) in [5.74, 6) is 0.735. The van der Waals surface area contributed by atoms with E-state index in [1.165, 1.54) is 0 Å². The molecule has 2 aromatic rings. The van der Waals surface area contributed by atoms with Crippen molar-refractivity contribution < 1.29 is 4.79 Å². The summed E-state index contributed by atoms with van der Waals surface area (Å²) in [6.45, 7) is 6.16. The summed E-state index contributed by atoms with van der Waals surface area (Å²) in [5.41, 5.74) is 9.18. The molecule has 5 heteroatoms. The maximum atomic E-state index is 12.3. The van der Waals surface area contributed by atoms with Crippen LogP contribution in [0.3, 0.4) is 0 Å². The molecule has 5 nitrogen and oxygen atoms in total. The second-order valence-corrected chi connectivity index (χ2v) is 6.69. The number of nitrogens with zero attached hydrogens (tertiary/aromatic N) is 2. The largest absolute Gasteiger partial charge is 0.383 e. The number of benzene rings is 1. The van der Waals surface area contributed by atoms with Crippen LogP contribution in [-0.4, -0.2) is 15.8 Å². The maximum absolute atomic E-state index is 12.3. The molecule has 0 atom stereocenters. The van der Waals surface area contributed by atoms with Gasteiger partial charge in [0.2, 0.25) is 5.95 Å². The predicted molar refractivity (Wildman–Crippen MR) is 87.3 cm³/mol. The van der Waals surface area contributed by atoms with Crippen molar-refractivity contribution in [2.24, 2.45) is 5.41 Å². The predicted octanol–water partition coefficient (Wildman–Crippen LogP) is 3.27. The van der Waals surface area contributed by atoms with Crippen LogP contribution in [-0.2, 0) is 6.42 Å². The SMILES string of the molecule is Cc1cccc(Nc2nc(N)c3c(n2)CC(C)(C)CC3=O)c1. The van der Waals surface area contributed by atoms with Crippen molar-refractivity contribution in [1.29, 1.82) is 0 Å². The van der Waals surface area contributed by atoms with Crippen molar-refractivity contribution in [1.82, 2.24) is 9.97 Å². The van der Waals surface area contributed by atoms with Gasteiger partial charge in [-0.25, -0.2) is 4.98 Å². The van der Waals surface area contributed by atoms with E-state index in [0.29, 0.717) is 17.9 Å². The van der Waals surface area contributed by atoms with Crippen molar-refractivity contribution in [2.45, 2.75) is 33.6 Å². The molecule has 3 N–H and O–H groups in total. The number of ketones is 1. The van der Waals surface area contributed by atoms with Gasteiger partial charge in [0, 0.05) is 12.1 Å². The Morgan fingerprint density at radius 2 is 2.00 bits per heavy atom. The molecule has 1 aliphatic carbocycles. The number of nitrogens with one attached hydrogen (secondary N) is 1. The van der Waals surface area contributed by atoms with Gasteiger partial charge in [-0.2, -0.15) is 4.98 Å². The number of aromatic nitrogens is 2. The molecule has 1 aromatic heterocycles. The maximum Gasteiger partial charge on any atom is 0.229 e. The van der Waals surface area contributed by atoms with E-state index in [1.54, 1.807) is 0 Å². The third-order valence-corrected chi connectivity index (χ3v) is 3.85. The minimum atomic E-state index is -0.0918. The molecular weight excluding hydrogens is 276 g/mol. The summed E-state index contributed by atoms with van der Waals surface area (Å²) < 4.78 is 0. The van der Waals surface area contributed by atoms with E-state index in [4.69, 9.17) is 5.73 Å². The van der Waals surface area contributed by atoms with E-state index < -0.39 is 0 Å². The van der Waals surface area contributed by atoms with Gasteiger partial charge in [-0.1, -0.05) is 26.0 Å². The number of carbonyl (C=O) groups is 1. The Morgan fingerprint density at radius 3 is 2.73 bits per heavy atom. The van der Waals surface area contributed by atoms with Gasteiger partial charge in [0.05, 0.1) is 11.3 Å². The number of aryl methyl sites for hydroxylation is 1. The third kappa shape index (κ3) is 2.79. The first-order valence-electron chi connectivity index (χ1n) is 7.37. The van der Waals surface area contributed by atoms with E-state index in [0.717, 1.165) is 23.4 Å². The minimum Gasteiger partial charge on any atom is -0.383 e. The highest BCUT2D eigenvalue weighted by atomic mass is 16.1. The zero-order valence-electron chi connectivity index (χ0n) is 13.1. The number of rotatable bonds is 2. The molecule has 0 bridgehead atoms. The molecule has 0 unspecified atom stereocenters. The van der Waals surface area contributed by atoms with Crippen LogP contribution in [0.25, 0.3) is 0 Å². The minimum absolute atomic E-state index is 0.0332. The quantitative estimate of drug-likeness (QED) is 0.889. The first-order chi connectivity index (χ1) is 10.3. The molecule has 1 aromatic carbocycles. The molecule has 22 heavy (non-hydrogen) atoms. The smallest absolute Gasteiger partial charge is 0.229 e. The number of anilines is 3. The molecule has 1 aliphatic rings. The van der Waals surface area contributed by atoms with E-state index in [9.17, 15) is 4.79 Å². The monoisotopic (exact) mass is 296 g/mol. The van der Waals surface area contributed by atoms with E-state index in [-0.39, 0.29) is 17.0 Å². The van der Waals surface area contributed by atoms with Crippen molar-refractivity contribution in [3.05, 3.63) is 41.1 Å². The first kappa shape index (κ1) is 14.5. The van der Waals surface area contributed by atoms with Crippen LogP contribution in [0.2, 0.25) is 0 Å². The van der Waals surface area contributed by atoms with Gasteiger partial charge in [-0.3, -0.25) is 4.79 Å². The van der Waals surface area contributed by atoms with Gasteiger partial charge in [0.15, 0.2) is 5.78 Å². The Labute approximate surface area is 130 Å². The summed E-state index contributed by atoms with van der Waals surface area (Å²) in [4.78, 5) is 21.0. The molecule has 0 saturated heterocycles. The zero-order valence-corrected chi connectivity index (χ0v) is 13.1. The average Bonchev–Trinajstić information content (AvgIpc) is 2.35. The van der Waals surface area contributed by atoms with Gasteiger partial charge in [-0.15, -0.1) is 0 Å². The lowest BCUT2D eigenvalue weighted by Crippen LogP contribution is -2.29. The highest BCUT2D eigenvalue weighted by Gasteiger charge is 2.34. The average molecular weight is 296 g/mol. The fraction of sp³-hybridized carbons (Fsp3) is 0.353. The van der Waals surface area contributed by atoms with Gasteiger partial charge in [0.25, 0.3) is 0 Å². The van der Waals surface area contributed by atoms with Crippen LogP contribution in [0.1, 0.15) is 41.9 Å². The molecule has 0 amide bonds. The second kappa shape index (κ2) is 5.09. The second-order valence-electron chi connectivity index (χ2n) is 6.69. The van der Waals surface area contributed by atoms with E-state index in [2.05, 4.69) is 29.1 Å². The molecular formula is C17H20N4O. The van der Waals surface area contributed by atoms with Crippen molar-refractivity contribution >= 4 is 23.2 Å². The molecule has 0 radical (unpaired) electrons. The molecule has 0 spiro atoms. The Hall–Kier alpha value is -2.43. The normalized spacial score (nSPS) is 16.2. The summed E-state index contributed by atoms with van der Waals surface area (Å²) in [7, 11) is 0. The van der Waals surface area contributed by atoms with E-state index in [1.807, 2.05) is 31.2 Å². The van der Waals surface area contributed by atoms with Crippen LogP contribution < -0.4 is 11.1 Å².